The fourth-order valence-corrected chi connectivity index (χ4v) is 4.94. The normalized spacial score (nSPS) is 15.8. The van der Waals surface area contributed by atoms with E-state index in [4.69, 9.17) is 14.2 Å². The van der Waals surface area contributed by atoms with E-state index >= 15 is 0 Å². The number of ether oxygens (including phenoxy) is 3. The molecule has 3 rings (SSSR count). The number of nitrogens with zero attached hydrogens (tertiary/aromatic N) is 1. The summed E-state index contributed by atoms with van der Waals surface area (Å²) in [5, 5.41) is 0. The summed E-state index contributed by atoms with van der Waals surface area (Å²) in [5.41, 5.74) is 1.44. The van der Waals surface area contributed by atoms with Gasteiger partial charge in [0.05, 0.1) is 31.9 Å². The Balaban J connectivity index is 1.99. The number of anilines is 1. The third-order valence-electron chi connectivity index (χ3n) is 4.88. The molecule has 0 radical (unpaired) electrons. The Labute approximate surface area is 164 Å². The summed E-state index contributed by atoms with van der Waals surface area (Å²) in [6, 6.07) is 11.7. The van der Waals surface area contributed by atoms with Crippen LogP contribution in [-0.4, -0.2) is 42.3 Å². The van der Waals surface area contributed by atoms with Crippen molar-refractivity contribution < 1.29 is 27.4 Å². The molecule has 1 heterocycles. The summed E-state index contributed by atoms with van der Waals surface area (Å²) in [5.74, 6) is 0.656. The number of methoxy groups -OCH3 is 3. The van der Waals surface area contributed by atoms with Gasteiger partial charge in [0.15, 0.2) is 0 Å². The lowest BCUT2D eigenvalue weighted by Crippen LogP contribution is -2.30. The monoisotopic (exact) mass is 405 g/mol. The van der Waals surface area contributed by atoms with E-state index in [2.05, 4.69) is 0 Å². The van der Waals surface area contributed by atoms with Gasteiger partial charge in [-0.05, 0) is 42.3 Å². The Morgan fingerprint density at radius 2 is 1.79 bits per heavy atom. The molecule has 0 saturated carbocycles. The van der Waals surface area contributed by atoms with Crippen molar-refractivity contribution in [3.8, 4) is 11.5 Å². The van der Waals surface area contributed by atoms with Gasteiger partial charge >= 0.3 is 5.97 Å². The molecule has 1 atom stereocenters. The Hall–Kier alpha value is -2.74. The lowest BCUT2D eigenvalue weighted by molar-refractivity contribution is -0.140. The molecule has 2 aromatic rings. The SMILES string of the molecule is COC(=O)CCC1CN(S(=O)(=O)c2cccc(OC)c2)c2ccc(OC)cc21. The van der Waals surface area contributed by atoms with Crippen LogP contribution < -0.4 is 13.8 Å². The fraction of sp³-hybridized carbons (Fsp3) is 0.350. The second-order valence-corrected chi connectivity index (χ2v) is 8.31. The highest BCUT2D eigenvalue weighted by Gasteiger charge is 2.37. The zero-order valence-electron chi connectivity index (χ0n) is 16.0. The first-order valence-electron chi connectivity index (χ1n) is 8.82. The number of fused-ring (bicyclic) bond motifs is 1. The van der Waals surface area contributed by atoms with Crippen molar-refractivity contribution >= 4 is 21.7 Å². The van der Waals surface area contributed by atoms with Gasteiger partial charge in [-0.25, -0.2) is 8.42 Å². The van der Waals surface area contributed by atoms with Gasteiger partial charge in [-0.3, -0.25) is 9.10 Å². The maximum absolute atomic E-state index is 13.3. The van der Waals surface area contributed by atoms with Gasteiger partial charge in [-0.15, -0.1) is 0 Å². The molecule has 2 aromatic carbocycles. The van der Waals surface area contributed by atoms with E-state index in [1.54, 1.807) is 37.4 Å². The number of carbonyl (C=O) groups excluding carboxylic acids is 1. The maximum Gasteiger partial charge on any atom is 0.305 e. The number of esters is 1. The largest absolute Gasteiger partial charge is 0.497 e. The third-order valence-corrected chi connectivity index (χ3v) is 6.66. The van der Waals surface area contributed by atoms with E-state index in [1.807, 2.05) is 6.07 Å². The number of sulfonamides is 1. The van der Waals surface area contributed by atoms with Crippen molar-refractivity contribution in [1.29, 1.82) is 0 Å². The van der Waals surface area contributed by atoms with E-state index < -0.39 is 10.0 Å². The third kappa shape index (κ3) is 3.77. The lowest BCUT2D eigenvalue weighted by Gasteiger charge is -2.20. The molecule has 1 aliphatic rings. The molecule has 0 aliphatic carbocycles. The van der Waals surface area contributed by atoms with Crippen LogP contribution in [-0.2, 0) is 19.6 Å². The molecule has 0 spiro atoms. The summed E-state index contributed by atoms with van der Waals surface area (Å²) in [6.45, 7) is 0.249. The number of carbonyl (C=O) groups is 1. The molecule has 1 unspecified atom stereocenters. The average molecular weight is 405 g/mol. The van der Waals surface area contributed by atoms with Crippen molar-refractivity contribution in [2.24, 2.45) is 0 Å². The van der Waals surface area contributed by atoms with Crippen LogP contribution in [0.5, 0.6) is 11.5 Å². The summed E-state index contributed by atoms with van der Waals surface area (Å²) >= 11 is 0. The van der Waals surface area contributed by atoms with Crippen molar-refractivity contribution in [2.45, 2.75) is 23.7 Å². The second-order valence-electron chi connectivity index (χ2n) is 6.45. The highest BCUT2D eigenvalue weighted by Crippen LogP contribution is 2.43. The van der Waals surface area contributed by atoms with E-state index in [9.17, 15) is 13.2 Å². The Kier molecular flexibility index (Phi) is 5.79. The van der Waals surface area contributed by atoms with Gasteiger partial charge in [0, 0.05) is 24.9 Å². The average Bonchev–Trinajstić information content (AvgIpc) is 3.10. The van der Waals surface area contributed by atoms with Crippen LogP contribution in [0.3, 0.4) is 0 Å². The van der Waals surface area contributed by atoms with Crippen molar-refractivity contribution in [1.82, 2.24) is 0 Å². The number of rotatable bonds is 7. The van der Waals surface area contributed by atoms with Gasteiger partial charge in [0.1, 0.15) is 11.5 Å². The first-order chi connectivity index (χ1) is 13.4. The highest BCUT2D eigenvalue weighted by molar-refractivity contribution is 7.92. The molecule has 0 N–H and O–H groups in total. The maximum atomic E-state index is 13.3. The first-order valence-corrected chi connectivity index (χ1v) is 10.3. The molecule has 0 bridgehead atoms. The van der Waals surface area contributed by atoms with Crippen molar-refractivity contribution in [3.05, 3.63) is 48.0 Å². The molecule has 28 heavy (non-hydrogen) atoms. The van der Waals surface area contributed by atoms with Gasteiger partial charge in [-0.2, -0.15) is 0 Å². The standard InChI is InChI=1S/C20H23NO6S/c1-25-15-5-4-6-17(11-15)28(23,24)21-13-14(7-10-20(22)27-3)18-12-16(26-2)8-9-19(18)21/h4-6,8-9,11-12,14H,7,10,13H2,1-3H3. The summed E-state index contributed by atoms with van der Waals surface area (Å²) in [7, 11) is 0.608. The molecule has 8 heteroatoms. The summed E-state index contributed by atoms with van der Waals surface area (Å²) in [6.07, 6.45) is 0.696. The molecule has 1 aliphatic heterocycles. The smallest absolute Gasteiger partial charge is 0.305 e. The van der Waals surface area contributed by atoms with Gasteiger partial charge in [-0.1, -0.05) is 6.07 Å². The Morgan fingerprint density at radius 1 is 1.07 bits per heavy atom. The number of hydrogen-bond acceptors (Lipinski definition) is 6. The van der Waals surface area contributed by atoms with Crippen LogP contribution >= 0.6 is 0 Å². The van der Waals surface area contributed by atoms with Crippen LogP contribution in [0.4, 0.5) is 5.69 Å². The van der Waals surface area contributed by atoms with Crippen LogP contribution in [0, 0.1) is 0 Å². The van der Waals surface area contributed by atoms with Gasteiger partial charge in [0.2, 0.25) is 0 Å². The quantitative estimate of drug-likeness (QED) is 0.659. The van der Waals surface area contributed by atoms with E-state index in [1.165, 1.54) is 24.6 Å². The molecule has 0 fully saturated rings. The van der Waals surface area contributed by atoms with Crippen molar-refractivity contribution in [3.63, 3.8) is 0 Å². The van der Waals surface area contributed by atoms with Gasteiger partial charge in [0.25, 0.3) is 10.0 Å². The highest BCUT2D eigenvalue weighted by atomic mass is 32.2. The second kappa shape index (κ2) is 8.10. The van der Waals surface area contributed by atoms with E-state index in [0.29, 0.717) is 23.6 Å². The fourth-order valence-electron chi connectivity index (χ4n) is 3.37. The van der Waals surface area contributed by atoms with Gasteiger partial charge < -0.3 is 14.2 Å². The van der Waals surface area contributed by atoms with E-state index in [-0.39, 0.29) is 29.7 Å². The zero-order valence-corrected chi connectivity index (χ0v) is 16.9. The topological polar surface area (TPSA) is 82.1 Å². The molecular formula is C20H23NO6S. The van der Waals surface area contributed by atoms with Crippen LogP contribution in [0.1, 0.15) is 24.3 Å². The summed E-state index contributed by atoms with van der Waals surface area (Å²) in [4.78, 5) is 11.7. The first kappa shape index (κ1) is 20.0. The van der Waals surface area contributed by atoms with Crippen molar-refractivity contribution in [2.75, 3.05) is 32.2 Å². The minimum atomic E-state index is -3.78. The molecular weight excluding hydrogens is 382 g/mol. The molecule has 150 valence electrons. The molecule has 7 nitrogen and oxygen atoms in total. The minimum Gasteiger partial charge on any atom is -0.497 e. The van der Waals surface area contributed by atoms with Crippen LogP contribution in [0.15, 0.2) is 47.4 Å². The Bertz CT molecular complexity index is 972. The summed E-state index contributed by atoms with van der Waals surface area (Å²) < 4.78 is 43.2. The minimum absolute atomic E-state index is 0.135. The van der Waals surface area contributed by atoms with Crippen LogP contribution in [0.25, 0.3) is 0 Å². The number of hydrogen-bond donors (Lipinski definition) is 0. The predicted molar refractivity (Wildman–Crippen MR) is 105 cm³/mol. The molecule has 0 saturated heterocycles. The molecule has 0 aromatic heterocycles. The lowest BCUT2D eigenvalue weighted by atomic mass is 9.96. The predicted octanol–water partition coefficient (Wildman–Crippen LogP) is 2.95. The zero-order chi connectivity index (χ0) is 20.3. The Morgan fingerprint density at radius 3 is 2.46 bits per heavy atom. The molecule has 0 amide bonds. The van der Waals surface area contributed by atoms with Crippen LogP contribution in [0.2, 0.25) is 0 Å². The number of benzene rings is 2. The van der Waals surface area contributed by atoms with E-state index in [0.717, 1.165) is 5.56 Å².